The van der Waals surface area contributed by atoms with E-state index in [1.54, 1.807) is 14.2 Å². The van der Waals surface area contributed by atoms with Gasteiger partial charge in [0.1, 0.15) is 34.9 Å². The topological polar surface area (TPSA) is 102 Å². The van der Waals surface area contributed by atoms with Crippen LogP contribution in [0.2, 0.25) is 0 Å². The summed E-state index contributed by atoms with van der Waals surface area (Å²) < 4.78 is 43.1. The first-order valence-electron chi connectivity index (χ1n) is 12.3. The van der Waals surface area contributed by atoms with Crippen LogP contribution in [0.25, 0.3) is 0 Å². The van der Waals surface area contributed by atoms with E-state index >= 15 is 0 Å². The Hall–Kier alpha value is -1.91. The SMILES string of the molecule is COc1c2c(c(C)c3c1C(=O)OC3)O[C@]1(C)C[C@]3(O)OC[C@]4(C)O[C@@]5(OC)CC[C@](C)([C@H]1C2)[C@]43O5. The van der Waals surface area contributed by atoms with Crippen molar-refractivity contribution in [2.24, 2.45) is 11.3 Å². The Balaban J connectivity index is 1.45. The lowest BCUT2D eigenvalue weighted by Gasteiger charge is -2.66. The molecule has 0 radical (unpaired) electrons. The molecule has 1 N–H and O–H groups in total. The Morgan fingerprint density at radius 2 is 1.86 bits per heavy atom. The molecule has 35 heavy (non-hydrogen) atoms. The minimum Gasteiger partial charge on any atom is -0.495 e. The number of methoxy groups -OCH3 is 2. The Bertz CT molecular complexity index is 1200. The molecule has 9 heteroatoms. The van der Waals surface area contributed by atoms with Crippen molar-refractivity contribution in [2.45, 2.75) is 88.5 Å². The molecule has 9 nitrogen and oxygen atoms in total. The standard InChI is InChI=1S/C26H32O9/c1-13-15-10-31-20(27)17(15)19(29-5)14-9-16-21(2)7-8-25(30-6)34-23(4)12-32-24(28,26(21,23)35-25)11-22(16,3)33-18(13)14/h16,28H,7-12H2,1-6H3/t16-,21-,22-,23+,24+,25+,26+/m1/s1. The Labute approximate surface area is 203 Å². The van der Waals surface area contributed by atoms with Gasteiger partial charge in [-0.05, 0) is 39.2 Å². The van der Waals surface area contributed by atoms with Crippen LogP contribution in [0, 0.1) is 18.3 Å². The van der Waals surface area contributed by atoms with E-state index < -0.39 is 34.0 Å². The molecule has 2 bridgehead atoms. The van der Waals surface area contributed by atoms with Crippen LogP contribution in [0.4, 0.5) is 0 Å². The van der Waals surface area contributed by atoms with Gasteiger partial charge in [-0.1, -0.05) is 6.92 Å². The highest BCUT2D eigenvalue weighted by molar-refractivity contribution is 5.98. The van der Waals surface area contributed by atoms with Crippen LogP contribution in [-0.4, -0.2) is 60.5 Å². The number of benzene rings is 1. The van der Waals surface area contributed by atoms with Crippen LogP contribution in [0.5, 0.6) is 11.5 Å². The number of ether oxygens (including phenoxy) is 7. The first-order chi connectivity index (χ1) is 16.4. The van der Waals surface area contributed by atoms with Crippen LogP contribution in [-0.2, 0) is 36.7 Å². The molecule has 1 saturated carbocycles. The van der Waals surface area contributed by atoms with Gasteiger partial charge in [-0.2, -0.15) is 0 Å². The summed E-state index contributed by atoms with van der Waals surface area (Å²) in [6.45, 7) is 8.48. The number of esters is 1. The van der Waals surface area contributed by atoms with E-state index in [1.165, 1.54) is 0 Å². The molecule has 4 fully saturated rings. The van der Waals surface area contributed by atoms with Crippen molar-refractivity contribution in [3.63, 3.8) is 0 Å². The third kappa shape index (κ3) is 2.16. The maximum atomic E-state index is 12.6. The summed E-state index contributed by atoms with van der Waals surface area (Å²) in [7, 11) is 3.15. The quantitative estimate of drug-likeness (QED) is 0.630. The van der Waals surface area contributed by atoms with E-state index in [9.17, 15) is 9.90 Å². The lowest BCUT2D eigenvalue weighted by molar-refractivity contribution is -0.436. The van der Waals surface area contributed by atoms with E-state index in [1.807, 2.05) is 20.8 Å². The van der Waals surface area contributed by atoms with Crippen LogP contribution >= 0.6 is 0 Å². The number of rotatable bonds is 2. The molecule has 1 spiro atoms. The van der Waals surface area contributed by atoms with Crippen molar-refractivity contribution in [1.29, 1.82) is 0 Å². The second kappa shape index (κ2) is 6.14. The molecule has 7 atom stereocenters. The van der Waals surface area contributed by atoms with Crippen molar-refractivity contribution in [3.8, 4) is 11.5 Å². The number of aliphatic hydroxyl groups is 1. The van der Waals surface area contributed by atoms with Crippen molar-refractivity contribution >= 4 is 5.97 Å². The summed E-state index contributed by atoms with van der Waals surface area (Å²) >= 11 is 0. The number of carbonyl (C=O) groups excluding carboxylic acids is 1. The zero-order valence-electron chi connectivity index (χ0n) is 21.0. The predicted molar refractivity (Wildman–Crippen MR) is 119 cm³/mol. The molecule has 1 aromatic rings. The lowest BCUT2D eigenvalue weighted by Crippen LogP contribution is -2.79. The summed E-state index contributed by atoms with van der Waals surface area (Å²) in [4.78, 5) is 12.6. The van der Waals surface area contributed by atoms with Gasteiger partial charge in [0.15, 0.2) is 5.60 Å². The average molecular weight is 489 g/mol. The fourth-order valence-electron chi connectivity index (χ4n) is 8.75. The van der Waals surface area contributed by atoms with E-state index in [-0.39, 0.29) is 31.5 Å². The summed E-state index contributed by atoms with van der Waals surface area (Å²) in [5.41, 5.74) is -0.424. The molecule has 5 heterocycles. The van der Waals surface area contributed by atoms with Gasteiger partial charge in [0.05, 0.1) is 13.7 Å². The molecule has 6 aliphatic rings. The van der Waals surface area contributed by atoms with Crippen LogP contribution in [0.15, 0.2) is 0 Å². The fraction of sp³-hybridized carbons (Fsp3) is 0.731. The van der Waals surface area contributed by atoms with Crippen molar-refractivity contribution < 1.29 is 43.1 Å². The summed E-state index contributed by atoms with van der Waals surface area (Å²) in [6.07, 6.45) is 1.98. The van der Waals surface area contributed by atoms with Gasteiger partial charge in [0, 0.05) is 42.4 Å². The molecule has 7 rings (SSSR count). The smallest absolute Gasteiger partial charge is 0.342 e. The van der Waals surface area contributed by atoms with Gasteiger partial charge in [-0.15, -0.1) is 0 Å². The summed E-state index contributed by atoms with van der Waals surface area (Å²) in [6, 6.07) is 0. The van der Waals surface area contributed by atoms with Crippen molar-refractivity contribution in [1.82, 2.24) is 0 Å². The van der Waals surface area contributed by atoms with Crippen LogP contribution in [0.3, 0.4) is 0 Å². The molecule has 3 saturated heterocycles. The van der Waals surface area contributed by atoms with Crippen LogP contribution in [0.1, 0.15) is 67.1 Å². The third-order valence-corrected chi connectivity index (χ3v) is 10.1. The summed E-state index contributed by atoms with van der Waals surface area (Å²) in [5.74, 6) is -2.09. The first-order valence-corrected chi connectivity index (χ1v) is 12.3. The summed E-state index contributed by atoms with van der Waals surface area (Å²) in [5, 5.41) is 12.2. The normalized spacial score (nSPS) is 48.4. The molecular formula is C26H32O9. The zero-order chi connectivity index (χ0) is 24.8. The average Bonchev–Trinajstić information content (AvgIpc) is 3.37. The molecule has 190 valence electrons. The van der Waals surface area contributed by atoms with Gasteiger partial charge in [0.25, 0.3) is 5.97 Å². The predicted octanol–water partition coefficient (Wildman–Crippen LogP) is 2.75. The molecule has 0 unspecified atom stereocenters. The third-order valence-electron chi connectivity index (χ3n) is 10.1. The number of fused-ring (bicyclic) bond motifs is 5. The largest absolute Gasteiger partial charge is 0.495 e. The van der Waals surface area contributed by atoms with E-state index in [0.717, 1.165) is 16.7 Å². The van der Waals surface area contributed by atoms with Gasteiger partial charge in [-0.3, -0.25) is 0 Å². The van der Waals surface area contributed by atoms with Crippen LogP contribution < -0.4 is 9.47 Å². The number of hydrogen-bond donors (Lipinski definition) is 1. The Kier molecular flexibility index (Phi) is 3.91. The van der Waals surface area contributed by atoms with E-state index in [4.69, 9.17) is 33.2 Å². The second-order valence-corrected chi connectivity index (χ2v) is 11.7. The van der Waals surface area contributed by atoms with Crippen molar-refractivity contribution in [3.05, 3.63) is 22.3 Å². The maximum Gasteiger partial charge on any atom is 0.342 e. The molecule has 5 aliphatic heterocycles. The van der Waals surface area contributed by atoms with Gasteiger partial charge in [-0.25, -0.2) is 4.79 Å². The number of carbonyl (C=O) groups is 1. The molecule has 0 aromatic heterocycles. The number of hydrogen-bond acceptors (Lipinski definition) is 9. The monoisotopic (exact) mass is 488 g/mol. The van der Waals surface area contributed by atoms with E-state index in [2.05, 4.69) is 6.92 Å². The van der Waals surface area contributed by atoms with Gasteiger partial charge >= 0.3 is 5.97 Å². The molecular weight excluding hydrogens is 456 g/mol. The highest BCUT2D eigenvalue weighted by Crippen LogP contribution is 2.75. The maximum absolute atomic E-state index is 12.6. The molecule has 1 aliphatic carbocycles. The minimum absolute atomic E-state index is 0.0934. The molecule has 0 amide bonds. The number of cyclic esters (lactones) is 1. The highest BCUT2D eigenvalue weighted by atomic mass is 16.9. The Morgan fingerprint density at radius 1 is 1.09 bits per heavy atom. The highest BCUT2D eigenvalue weighted by Gasteiger charge is 2.89. The Morgan fingerprint density at radius 3 is 2.57 bits per heavy atom. The van der Waals surface area contributed by atoms with Gasteiger partial charge in [0.2, 0.25) is 5.79 Å². The van der Waals surface area contributed by atoms with E-state index in [0.29, 0.717) is 36.3 Å². The zero-order valence-corrected chi connectivity index (χ0v) is 21.0. The fourth-order valence-corrected chi connectivity index (χ4v) is 8.75. The van der Waals surface area contributed by atoms with Gasteiger partial charge < -0.3 is 38.3 Å². The van der Waals surface area contributed by atoms with Crippen molar-refractivity contribution in [2.75, 3.05) is 20.8 Å². The minimum atomic E-state index is -1.63. The lowest BCUT2D eigenvalue weighted by atomic mass is 9.45. The first kappa shape index (κ1) is 22.3. The second-order valence-electron chi connectivity index (χ2n) is 11.7. The molecule has 1 aromatic carbocycles.